The largest absolute Gasteiger partial charge is 0.456 e. The van der Waals surface area contributed by atoms with E-state index in [1.165, 1.54) is 22.3 Å². The molecule has 246 valence electrons. The molecule has 0 N–H and O–H groups in total. The fraction of sp³-hybridized carbons (Fsp3) is 0.128. The number of allylic oxidation sites excluding steroid dienone is 4. The predicted octanol–water partition coefficient (Wildman–Crippen LogP) is 10.2. The molecule has 9 rings (SSSR count). The van der Waals surface area contributed by atoms with E-state index >= 15 is 0 Å². The van der Waals surface area contributed by atoms with E-state index in [-0.39, 0.29) is 0 Å². The van der Waals surface area contributed by atoms with Gasteiger partial charge in [0, 0.05) is 32.9 Å². The van der Waals surface area contributed by atoms with Gasteiger partial charge >= 0.3 is 0 Å². The summed E-state index contributed by atoms with van der Waals surface area (Å²) in [7, 11) is 0. The van der Waals surface area contributed by atoms with Crippen molar-refractivity contribution >= 4 is 28.7 Å². The number of hydrogen-bond acceptors (Lipinski definition) is 4. The number of fused-ring (bicyclic) bond motifs is 3. The highest BCUT2D eigenvalue weighted by Gasteiger charge is 2.26. The lowest BCUT2D eigenvalue weighted by Crippen LogP contribution is -2.28. The van der Waals surface area contributed by atoms with Crippen LogP contribution in [0.4, 0.5) is 0 Å². The Balaban J connectivity index is 1.26. The van der Waals surface area contributed by atoms with Gasteiger partial charge in [0.15, 0.2) is 17.5 Å². The van der Waals surface area contributed by atoms with Gasteiger partial charge in [0.1, 0.15) is 11.0 Å². The first-order chi connectivity index (χ1) is 25.1. The molecule has 0 bridgehead atoms. The Morgan fingerprint density at radius 2 is 1.06 bits per heavy atom. The van der Waals surface area contributed by atoms with Gasteiger partial charge in [-0.25, -0.2) is 15.0 Å². The van der Waals surface area contributed by atoms with Gasteiger partial charge in [-0.05, 0) is 84.6 Å². The molecule has 4 heteroatoms. The topological polar surface area (TPSA) is 51.8 Å². The summed E-state index contributed by atoms with van der Waals surface area (Å²) in [6.07, 6.45) is 11.6. The van der Waals surface area contributed by atoms with Crippen molar-refractivity contribution < 1.29 is 4.42 Å². The van der Waals surface area contributed by atoms with E-state index in [0.717, 1.165) is 62.3 Å². The molecule has 51 heavy (non-hydrogen) atoms. The number of aromatic nitrogens is 3. The molecular weight excluding hydrogens is 623 g/mol. The summed E-state index contributed by atoms with van der Waals surface area (Å²) in [4.78, 5) is 15.3. The molecule has 2 atom stereocenters. The van der Waals surface area contributed by atoms with Crippen molar-refractivity contribution in [1.29, 1.82) is 0 Å². The Kier molecular flexibility index (Phi) is 7.85. The highest BCUT2D eigenvalue weighted by Crippen LogP contribution is 2.39. The minimum absolute atomic E-state index is 0.313. The summed E-state index contributed by atoms with van der Waals surface area (Å²) in [6, 6.07) is 43.8. The standard InChI is InChI=1S/C47H37N3O/c1-30-14-12-13-21-37(30)40-28-35(23-22-31(40)2)36-24-27-42-41(29-36)43-39(26-25-38(44(43)51-42)32-15-6-3-7-16-32)47-49-45(33-17-8-4-9-18-33)48-46(50-47)34-19-10-5-11-20-34/h3-22,25-29,35-36H,23-24H2,1-2H3. The van der Waals surface area contributed by atoms with Gasteiger partial charge in [0.25, 0.3) is 0 Å². The van der Waals surface area contributed by atoms with E-state index in [9.17, 15) is 0 Å². The summed E-state index contributed by atoms with van der Waals surface area (Å²) < 4.78 is 6.84. The number of hydrogen-bond donors (Lipinski definition) is 0. The van der Waals surface area contributed by atoms with Crippen molar-refractivity contribution in [2.75, 3.05) is 0 Å². The average Bonchev–Trinajstić information content (AvgIpc) is 3.58. The molecule has 2 unspecified atom stereocenters. The van der Waals surface area contributed by atoms with Crippen LogP contribution in [0.25, 0.3) is 74.0 Å². The van der Waals surface area contributed by atoms with E-state index in [2.05, 4.69) is 105 Å². The van der Waals surface area contributed by atoms with Gasteiger partial charge in [-0.3, -0.25) is 0 Å². The molecule has 4 nitrogen and oxygen atoms in total. The van der Waals surface area contributed by atoms with Gasteiger partial charge in [0.05, 0.1) is 0 Å². The quantitative estimate of drug-likeness (QED) is 0.178. The van der Waals surface area contributed by atoms with Crippen molar-refractivity contribution in [2.24, 2.45) is 11.8 Å². The molecular formula is C47H37N3O. The summed E-state index contributed by atoms with van der Waals surface area (Å²) in [5.74, 6) is 2.59. The maximum atomic E-state index is 6.84. The molecule has 0 aliphatic heterocycles. The predicted molar refractivity (Wildman–Crippen MR) is 209 cm³/mol. The molecule has 2 aromatic heterocycles. The zero-order valence-corrected chi connectivity index (χ0v) is 28.8. The lowest BCUT2D eigenvalue weighted by molar-refractivity contribution is 0.499. The van der Waals surface area contributed by atoms with E-state index in [4.69, 9.17) is 19.4 Å². The number of nitrogens with zero attached hydrogens (tertiary/aromatic N) is 3. The van der Waals surface area contributed by atoms with Crippen LogP contribution in [0.3, 0.4) is 0 Å². The smallest absolute Gasteiger partial charge is 0.164 e. The number of aryl methyl sites for hydroxylation is 1. The van der Waals surface area contributed by atoms with Crippen LogP contribution in [0, 0.1) is 18.8 Å². The minimum atomic E-state index is 0.313. The number of benzene rings is 5. The van der Waals surface area contributed by atoms with Gasteiger partial charge in [-0.1, -0.05) is 133 Å². The molecule has 2 aliphatic rings. The van der Waals surface area contributed by atoms with Crippen LogP contribution in [0.15, 0.2) is 150 Å². The first-order valence-corrected chi connectivity index (χ1v) is 17.8. The molecule has 2 aliphatic carbocycles. The first-order valence-electron chi connectivity index (χ1n) is 17.8. The van der Waals surface area contributed by atoms with E-state index in [0.29, 0.717) is 29.3 Å². The van der Waals surface area contributed by atoms with Crippen LogP contribution in [0.5, 0.6) is 0 Å². The highest BCUT2D eigenvalue weighted by molar-refractivity contribution is 6.02. The third-order valence-corrected chi connectivity index (χ3v) is 10.4. The maximum Gasteiger partial charge on any atom is 0.164 e. The summed E-state index contributed by atoms with van der Waals surface area (Å²) in [6.45, 7) is 4.45. The van der Waals surface area contributed by atoms with Gasteiger partial charge < -0.3 is 4.42 Å². The number of furan rings is 1. The Morgan fingerprint density at radius 1 is 0.510 bits per heavy atom. The lowest BCUT2D eigenvalue weighted by atomic mass is 9.77. The maximum absolute atomic E-state index is 6.84. The summed E-state index contributed by atoms with van der Waals surface area (Å²) in [5, 5.41) is 2.16. The third-order valence-electron chi connectivity index (χ3n) is 10.4. The van der Waals surface area contributed by atoms with Gasteiger partial charge in [0.2, 0.25) is 0 Å². The Labute approximate surface area is 297 Å². The Bertz CT molecular complexity index is 2540. The number of rotatable bonds is 6. The molecule has 0 amide bonds. The zero-order valence-electron chi connectivity index (χ0n) is 28.8. The van der Waals surface area contributed by atoms with Crippen LogP contribution < -0.4 is 10.6 Å². The fourth-order valence-corrected chi connectivity index (χ4v) is 7.66. The van der Waals surface area contributed by atoms with Crippen molar-refractivity contribution in [2.45, 2.75) is 26.7 Å². The van der Waals surface area contributed by atoms with Crippen molar-refractivity contribution in [1.82, 2.24) is 15.0 Å². The molecule has 7 aromatic rings. The fourth-order valence-electron chi connectivity index (χ4n) is 7.66. The second-order valence-electron chi connectivity index (χ2n) is 13.6. The zero-order chi connectivity index (χ0) is 34.3. The van der Waals surface area contributed by atoms with Crippen molar-refractivity contribution in [3.8, 4) is 45.3 Å². The highest BCUT2D eigenvalue weighted by atomic mass is 16.3. The van der Waals surface area contributed by atoms with E-state index < -0.39 is 0 Å². The van der Waals surface area contributed by atoms with Gasteiger partial charge in [-0.15, -0.1) is 0 Å². The first kappa shape index (κ1) is 30.9. The normalized spacial score (nSPS) is 16.8. The molecule has 5 aromatic carbocycles. The SMILES string of the molecule is CC1=CCC(C2C=c3c(oc4c(-c5ccccc5)ccc(-c5nc(-c6ccccc6)nc(-c6ccccc6)n5)c34)=CC2)C=C1c1ccccc1C. The van der Waals surface area contributed by atoms with Crippen molar-refractivity contribution in [3.05, 3.63) is 167 Å². The average molecular weight is 660 g/mol. The lowest BCUT2D eigenvalue weighted by Gasteiger charge is -2.27. The van der Waals surface area contributed by atoms with E-state index in [1.54, 1.807) is 0 Å². The van der Waals surface area contributed by atoms with Crippen LogP contribution in [-0.4, -0.2) is 15.0 Å². The molecule has 0 radical (unpaired) electrons. The van der Waals surface area contributed by atoms with Crippen LogP contribution in [-0.2, 0) is 0 Å². The van der Waals surface area contributed by atoms with Crippen LogP contribution >= 0.6 is 0 Å². The molecule has 0 saturated carbocycles. The minimum Gasteiger partial charge on any atom is -0.456 e. The van der Waals surface area contributed by atoms with Gasteiger partial charge in [-0.2, -0.15) is 0 Å². The summed E-state index contributed by atoms with van der Waals surface area (Å²) in [5.41, 5.74) is 12.1. The van der Waals surface area contributed by atoms with Crippen LogP contribution in [0.2, 0.25) is 0 Å². The summed E-state index contributed by atoms with van der Waals surface area (Å²) >= 11 is 0. The molecule has 2 heterocycles. The van der Waals surface area contributed by atoms with E-state index in [1.807, 2.05) is 60.7 Å². The molecule has 0 spiro atoms. The molecule has 0 saturated heterocycles. The molecule has 0 fully saturated rings. The third kappa shape index (κ3) is 5.73. The Hall–Kier alpha value is -6.13. The van der Waals surface area contributed by atoms with Crippen molar-refractivity contribution in [3.63, 3.8) is 0 Å². The monoisotopic (exact) mass is 659 g/mol. The Morgan fingerprint density at radius 3 is 1.73 bits per heavy atom. The second kappa shape index (κ2) is 13.0. The second-order valence-corrected chi connectivity index (χ2v) is 13.6. The van der Waals surface area contributed by atoms with Crippen LogP contribution in [0.1, 0.15) is 30.9 Å².